The zero-order valence-corrected chi connectivity index (χ0v) is 10.9. The SMILES string of the molecule is CC(NC1CCOC(C)(C)C1)c1ccccn1. The molecular weight excluding hydrogens is 212 g/mol. The molecule has 2 unspecified atom stereocenters. The lowest BCUT2D eigenvalue weighted by atomic mass is 9.93. The number of aromatic nitrogens is 1. The lowest BCUT2D eigenvalue weighted by Crippen LogP contribution is -2.44. The van der Waals surface area contributed by atoms with Crippen molar-refractivity contribution in [3.05, 3.63) is 30.1 Å². The van der Waals surface area contributed by atoms with Gasteiger partial charge in [-0.25, -0.2) is 0 Å². The molecule has 2 heterocycles. The zero-order valence-electron chi connectivity index (χ0n) is 10.9. The fourth-order valence-corrected chi connectivity index (χ4v) is 2.45. The van der Waals surface area contributed by atoms with E-state index in [9.17, 15) is 0 Å². The monoisotopic (exact) mass is 234 g/mol. The summed E-state index contributed by atoms with van der Waals surface area (Å²) in [7, 11) is 0. The van der Waals surface area contributed by atoms with Gasteiger partial charge < -0.3 is 10.1 Å². The van der Waals surface area contributed by atoms with Gasteiger partial charge in [0.05, 0.1) is 11.3 Å². The van der Waals surface area contributed by atoms with Crippen LogP contribution in [0.4, 0.5) is 0 Å². The van der Waals surface area contributed by atoms with Crippen molar-refractivity contribution in [2.75, 3.05) is 6.61 Å². The largest absolute Gasteiger partial charge is 0.375 e. The van der Waals surface area contributed by atoms with Crippen molar-refractivity contribution in [2.45, 2.75) is 51.3 Å². The zero-order chi connectivity index (χ0) is 12.3. The van der Waals surface area contributed by atoms with Gasteiger partial charge in [-0.05, 0) is 45.7 Å². The van der Waals surface area contributed by atoms with Gasteiger partial charge in [0.2, 0.25) is 0 Å². The van der Waals surface area contributed by atoms with Gasteiger partial charge in [0.1, 0.15) is 0 Å². The van der Waals surface area contributed by atoms with E-state index in [2.05, 4.69) is 37.1 Å². The number of pyridine rings is 1. The van der Waals surface area contributed by atoms with Crippen molar-refractivity contribution < 1.29 is 4.74 Å². The number of ether oxygens (including phenoxy) is 1. The number of rotatable bonds is 3. The maximum absolute atomic E-state index is 5.73. The first kappa shape index (κ1) is 12.5. The van der Waals surface area contributed by atoms with E-state index >= 15 is 0 Å². The first-order valence-corrected chi connectivity index (χ1v) is 6.38. The molecule has 1 aromatic heterocycles. The Kier molecular flexibility index (Phi) is 3.79. The van der Waals surface area contributed by atoms with E-state index in [1.54, 1.807) is 0 Å². The van der Waals surface area contributed by atoms with E-state index < -0.39 is 0 Å². The summed E-state index contributed by atoms with van der Waals surface area (Å²) in [6.45, 7) is 7.34. The number of hydrogen-bond acceptors (Lipinski definition) is 3. The molecule has 1 aliphatic rings. The predicted octanol–water partition coefficient (Wildman–Crippen LogP) is 2.69. The second-order valence-corrected chi connectivity index (χ2v) is 5.44. The molecule has 0 aromatic carbocycles. The molecule has 2 atom stereocenters. The fourth-order valence-electron chi connectivity index (χ4n) is 2.45. The van der Waals surface area contributed by atoms with Crippen molar-refractivity contribution in [2.24, 2.45) is 0 Å². The summed E-state index contributed by atoms with van der Waals surface area (Å²) in [6.07, 6.45) is 3.99. The van der Waals surface area contributed by atoms with Gasteiger partial charge in [-0.2, -0.15) is 0 Å². The van der Waals surface area contributed by atoms with E-state index in [1.165, 1.54) is 0 Å². The Balaban J connectivity index is 1.93. The lowest BCUT2D eigenvalue weighted by molar-refractivity contribution is -0.0640. The number of hydrogen-bond donors (Lipinski definition) is 1. The van der Waals surface area contributed by atoms with Crippen LogP contribution >= 0.6 is 0 Å². The second-order valence-electron chi connectivity index (χ2n) is 5.44. The molecule has 1 fully saturated rings. The van der Waals surface area contributed by atoms with Crippen molar-refractivity contribution >= 4 is 0 Å². The molecular formula is C14H22N2O. The maximum atomic E-state index is 5.73. The van der Waals surface area contributed by atoms with Crippen LogP contribution in [0.1, 0.15) is 45.3 Å². The predicted molar refractivity (Wildman–Crippen MR) is 68.8 cm³/mol. The summed E-state index contributed by atoms with van der Waals surface area (Å²) in [5.74, 6) is 0. The van der Waals surface area contributed by atoms with Gasteiger partial charge in [-0.1, -0.05) is 6.07 Å². The van der Waals surface area contributed by atoms with E-state index in [0.29, 0.717) is 12.1 Å². The van der Waals surface area contributed by atoms with Gasteiger partial charge in [0.25, 0.3) is 0 Å². The van der Waals surface area contributed by atoms with E-state index in [0.717, 1.165) is 25.1 Å². The van der Waals surface area contributed by atoms with Crippen LogP contribution in [-0.4, -0.2) is 23.2 Å². The quantitative estimate of drug-likeness (QED) is 0.873. The van der Waals surface area contributed by atoms with Gasteiger partial charge in [0.15, 0.2) is 0 Å². The van der Waals surface area contributed by atoms with Crippen LogP contribution in [0.5, 0.6) is 0 Å². The molecule has 0 saturated carbocycles. The maximum Gasteiger partial charge on any atom is 0.0641 e. The third-order valence-electron chi connectivity index (χ3n) is 3.31. The molecule has 2 rings (SSSR count). The molecule has 1 aromatic rings. The molecule has 0 aliphatic carbocycles. The standard InChI is InChI=1S/C14H22N2O/c1-11(13-6-4-5-8-15-13)16-12-7-9-17-14(2,3)10-12/h4-6,8,11-12,16H,7,9-10H2,1-3H3. The first-order valence-electron chi connectivity index (χ1n) is 6.38. The third-order valence-corrected chi connectivity index (χ3v) is 3.31. The lowest BCUT2D eigenvalue weighted by Gasteiger charge is -2.37. The average Bonchev–Trinajstić information content (AvgIpc) is 2.29. The average molecular weight is 234 g/mol. The van der Waals surface area contributed by atoms with Gasteiger partial charge in [-0.15, -0.1) is 0 Å². The van der Waals surface area contributed by atoms with E-state index in [1.807, 2.05) is 18.3 Å². The number of nitrogens with one attached hydrogen (secondary N) is 1. The van der Waals surface area contributed by atoms with Crippen molar-refractivity contribution in [3.8, 4) is 0 Å². The fraction of sp³-hybridized carbons (Fsp3) is 0.643. The van der Waals surface area contributed by atoms with Gasteiger partial charge >= 0.3 is 0 Å². The van der Waals surface area contributed by atoms with Gasteiger partial charge in [0, 0.05) is 24.9 Å². The van der Waals surface area contributed by atoms with Crippen LogP contribution in [0.25, 0.3) is 0 Å². The molecule has 0 bridgehead atoms. The summed E-state index contributed by atoms with van der Waals surface area (Å²) in [5.41, 5.74) is 1.11. The first-order chi connectivity index (χ1) is 8.07. The third kappa shape index (κ3) is 3.51. The highest BCUT2D eigenvalue weighted by atomic mass is 16.5. The normalized spacial score (nSPS) is 25.5. The molecule has 3 heteroatoms. The summed E-state index contributed by atoms with van der Waals surface area (Å²) in [4.78, 5) is 4.39. The Hall–Kier alpha value is -0.930. The molecule has 1 aliphatic heterocycles. The van der Waals surface area contributed by atoms with E-state index in [4.69, 9.17) is 4.74 Å². The summed E-state index contributed by atoms with van der Waals surface area (Å²) in [5, 5.41) is 3.65. The van der Waals surface area contributed by atoms with Crippen LogP contribution in [0.15, 0.2) is 24.4 Å². The Bertz CT molecular complexity index is 350. The Morgan fingerprint density at radius 1 is 1.47 bits per heavy atom. The molecule has 0 amide bonds. The molecule has 17 heavy (non-hydrogen) atoms. The highest BCUT2D eigenvalue weighted by Crippen LogP contribution is 2.25. The number of nitrogens with zero attached hydrogens (tertiary/aromatic N) is 1. The molecule has 1 saturated heterocycles. The second kappa shape index (κ2) is 5.15. The van der Waals surface area contributed by atoms with Crippen LogP contribution in [0.2, 0.25) is 0 Å². The minimum Gasteiger partial charge on any atom is -0.375 e. The Morgan fingerprint density at radius 2 is 2.29 bits per heavy atom. The highest BCUT2D eigenvalue weighted by molar-refractivity contribution is 5.08. The van der Waals surface area contributed by atoms with E-state index in [-0.39, 0.29) is 5.60 Å². The molecule has 1 N–H and O–H groups in total. The minimum atomic E-state index is -0.000245. The molecule has 0 radical (unpaired) electrons. The van der Waals surface area contributed by atoms with Crippen LogP contribution < -0.4 is 5.32 Å². The highest BCUT2D eigenvalue weighted by Gasteiger charge is 2.29. The summed E-state index contributed by atoms with van der Waals surface area (Å²) in [6, 6.07) is 6.88. The summed E-state index contributed by atoms with van der Waals surface area (Å²) < 4.78 is 5.73. The van der Waals surface area contributed by atoms with Crippen molar-refractivity contribution in [1.82, 2.24) is 10.3 Å². The smallest absolute Gasteiger partial charge is 0.0641 e. The molecule has 94 valence electrons. The Labute approximate surface area is 104 Å². The van der Waals surface area contributed by atoms with Gasteiger partial charge in [-0.3, -0.25) is 4.98 Å². The van der Waals surface area contributed by atoms with Crippen LogP contribution in [0, 0.1) is 0 Å². The summed E-state index contributed by atoms with van der Waals surface area (Å²) >= 11 is 0. The minimum absolute atomic E-state index is 0.000245. The van der Waals surface area contributed by atoms with Crippen molar-refractivity contribution in [3.63, 3.8) is 0 Å². The topological polar surface area (TPSA) is 34.1 Å². The Morgan fingerprint density at radius 3 is 2.94 bits per heavy atom. The molecule has 3 nitrogen and oxygen atoms in total. The van der Waals surface area contributed by atoms with Crippen LogP contribution in [0.3, 0.4) is 0 Å². The van der Waals surface area contributed by atoms with Crippen LogP contribution in [-0.2, 0) is 4.74 Å². The molecule has 0 spiro atoms. The van der Waals surface area contributed by atoms with Crippen molar-refractivity contribution in [1.29, 1.82) is 0 Å².